The number of primary amides is 1. The predicted octanol–water partition coefficient (Wildman–Crippen LogP) is 5.04. The zero-order valence-electron chi connectivity index (χ0n) is 45.0. The van der Waals surface area contributed by atoms with Crippen molar-refractivity contribution in [2.75, 3.05) is 27.2 Å². The first kappa shape index (κ1) is 61.2. The molecule has 2 heterocycles. The normalized spacial score (nSPS) is 18.9. The summed E-state index contributed by atoms with van der Waals surface area (Å²) in [5, 5.41) is 40.3. The Morgan fingerprint density at radius 1 is 0.760 bits per heavy atom. The smallest absolute Gasteiger partial charge is 0.245 e. The Morgan fingerprint density at radius 3 is 1.95 bits per heavy atom. The number of nitrogens with two attached hydrogens (primary N) is 1. The van der Waals surface area contributed by atoms with Crippen molar-refractivity contribution in [2.45, 2.75) is 192 Å². The summed E-state index contributed by atoms with van der Waals surface area (Å²) >= 11 is 0. The zero-order chi connectivity index (χ0) is 55.4. The van der Waals surface area contributed by atoms with E-state index in [1.165, 1.54) is 139 Å². The van der Waals surface area contributed by atoms with Crippen molar-refractivity contribution in [2.24, 2.45) is 11.7 Å². The Hall–Kier alpha value is -6.37. The number of amides is 7. The van der Waals surface area contributed by atoms with Gasteiger partial charge < -0.3 is 51.7 Å². The van der Waals surface area contributed by atoms with Gasteiger partial charge in [-0.3, -0.25) is 43.2 Å². The van der Waals surface area contributed by atoms with Crippen molar-refractivity contribution in [3.63, 3.8) is 0 Å². The van der Waals surface area contributed by atoms with Crippen LogP contribution in [0.1, 0.15) is 167 Å². The number of phenolic OH excluding ortho intramolecular Hbond substituents is 2. The van der Waals surface area contributed by atoms with Crippen molar-refractivity contribution in [1.29, 1.82) is 0 Å². The Balaban J connectivity index is 1.39. The number of benzene rings is 2. The molecule has 0 spiro atoms. The molecule has 1 fully saturated rings. The molecule has 8 N–H and O–H groups in total. The number of ketones is 2. The van der Waals surface area contributed by atoms with E-state index in [0.29, 0.717) is 24.8 Å². The number of phenols is 2. The number of Topliss-reactive ketones (excluding diaryl/α,β-unsaturated/α-hetero) is 2. The molecule has 414 valence electrons. The van der Waals surface area contributed by atoms with Crippen LogP contribution in [-0.2, 0) is 49.6 Å². The van der Waals surface area contributed by atoms with Gasteiger partial charge in [0.05, 0.1) is 12.6 Å². The summed E-state index contributed by atoms with van der Waals surface area (Å²) in [5.41, 5.74) is 6.37. The molecule has 2 aliphatic heterocycles. The fraction of sp³-hybridized carbons (Fsp3) is 0.625. The third-order valence-corrected chi connectivity index (χ3v) is 14.7. The van der Waals surface area contributed by atoms with Gasteiger partial charge in [0.1, 0.15) is 41.7 Å². The van der Waals surface area contributed by atoms with E-state index >= 15 is 0 Å². The Bertz CT molecular complexity index is 2320. The number of hydrogen-bond donors (Lipinski definition) is 7. The van der Waals surface area contributed by atoms with Crippen LogP contribution in [0, 0.1) is 5.92 Å². The molecule has 2 aromatic rings. The predicted molar refractivity (Wildman–Crippen MR) is 282 cm³/mol. The molecule has 7 amide bonds. The van der Waals surface area contributed by atoms with E-state index in [0.717, 1.165) is 24.2 Å². The van der Waals surface area contributed by atoms with Crippen LogP contribution in [0.25, 0.3) is 11.1 Å². The summed E-state index contributed by atoms with van der Waals surface area (Å²) in [6, 6.07) is 1.57. The molecule has 4 bridgehead atoms. The third kappa shape index (κ3) is 17.9. The fourth-order valence-electron chi connectivity index (χ4n) is 9.89. The Kier molecular flexibility index (Phi) is 24.7. The molecule has 2 aromatic carbocycles. The van der Waals surface area contributed by atoms with Crippen molar-refractivity contribution >= 4 is 52.9 Å². The second-order valence-electron chi connectivity index (χ2n) is 20.6. The van der Waals surface area contributed by atoms with Gasteiger partial charge >= 0.3 is 0 Å². The van der Waals surface area contributed by atoms with E-state index in [1.54, 1.807) is 0 Å². The van der Waals surface area contributed by atoms with E-state index < -0.39 is 109 Å². The monoisotopic (exact) mass is 1050 g/mol. The summed E-state index contributed by atoms with van der Waals surface area (Å²) in [4.78, 5) is 125. The first-order valence-corrected chi connectivity index (χ1v) is 27.0. The van der Waals surface area contributed by atoms with Gasteiger partial charge in [0.15, 0.2) is 11.6 Å². The summed E-state index contributed by atoms with van der Waals surface area (Å²) in [7, 11) is 2.79. The maximum Gasteiger partial charge on any atom is 0.245 e. The number of nitrogens with one attached hydrogen (secondary N) is 3. The molecule has 7 atom stereocenters. The summed E-state index contributed by atoms with van der Waals surface area (Å²) in [5.74, 6) is -7.09. The van der Waals surface area contributed by atoms with E-state index in [4.69, 9.17) is 5.73 Å². The van der Waals surface area contributed by atoms with Crippen LogP contribution in [0.5, 0.6) is 11.5 Å². The molecule has 0 saturated carbocycles. The number of aliphatic hydroxyl groups is 1. The van der Waals surface area contributed by atoms with Crippen LogP contribution in [0.2, 0.25) is 0 Å². The number of rotatable bonds is 27. The van der Waals surface area contributed by atoms with Crippen LogP contribution in [0.15, 0.2) is 36.4 Å². The van der Waals surface area contributed by atoms with Crippen molar-refractivity contribution in [1.82, 2.24) is 30.7 Å². The molecule has 1 unspecified atom stereocenters. The zero-order valence-corrected chi connectivity index (χ0v) is 45.0. The third-order valence-electron chi connectivity index (χ3n) is 14.7. The minimum atomic E-state index is -1.37. The molecule has 2 aliphatic rings. The Morgan fingerprint density at radius 2 is 1.35 bits per heavy atom. The second kappa shape index (κ2) is 30.2. The van der Waals surface area contributed by atoms with Gasteiger partial charge in [0.25, 0.3) is 0 Å². The number of unbranched alkanes of at least 4 members (excludes halogenated alkanes) is 12. The van der Waals surface area contributed by atoms with E-state index in [9.17, 15) is 58.5 Å². The number of likely N-dealkylation sites (tertiary alicyclic amines) is 1. The number of carbonyl (C=O) groups is 9. The number of fused-ring (bicyclic) bond motifs is 5. The van der Waals surface area contributed by atoms with Crippen LogP contribution >= 0.6 is 0 Å². The quantitative estimate of drug-likeness (QED) is 0.0580. The van der Waals surface area contributed by atoms with Crippen LogP contribution in [0.3, 0.4) is 0 Å². The highest BCUT2D eigenvalue weighted by atomic mass is 16.3. The average Bonchev–Trinajstić information content (AvgIpc) is 3.88. The first-order chi connectivity index (χ1) is 35.7. The van der Waals surface area contributed by atoms with Crippen LogP contribution in [-0.4, -0.2) is 140 Å². The lowest BCUT2D eigenvalue weighted by molar-refractivity contribution is -0.142. The van der Waals surface area contributed by atoms with Gasteiger partial charge in [0.2, 0.25) is 41.4 Å². The molecule has 0 aromatic heterocycles. The summed E-state index contributed by atoms with van der Waals surface area (Å²) in [6.45, 7) is 6.17. The maximum absolute atomic E-state index is 14.4. The standard InChI is InChI=1S/C56H83N7O12/c1-7-8-9-10-11-12-13-14-15-16-17-18-19-22-49(69)61(5)44(34-64)55(74)58-36(3)45(65)27-28-50(70)62(6)51-39-24-26-47(67)41(33-39)40-31-38(23-25-46(40)66)32-42(60-53(72)35(2)30-48(51)68)54(73)59-37(4)56(75)63-29-20-21-43(63)52(57)71/h23-26,31,33,35-37,42-44,51,64,66-67H,7-22,27-30,32,34H2,1-6H3,(H2,57,71)(H,58,74)(H,59,73)(H,60,72)/t35-,36-,37+,42+,43?,44-,51+/m1/s1. The lowest BCUT2D eigenvalue weighted by Gasteiger charge is -2.30. The molecular formula is C56H83N7O12. The number of aliphatic hydroxyl groups excluding tert-OH is 1. The number of hydrogen-bond acceptors (Lipinski definition) is 12. The molecule has 0 radical (unpaired) electrons. The van der Waals surface area contributed by atoms with Crippen molar-refractivity contribution in [3.8, 4) is 22.6 Å². The number of likely N-dealkylation sites (N-methyl/N-ethyl adjacent to an activating group) is 2. The number of aromatic hydroxyl groups is 2. The minimum absolute atomic E-state index is 0.0855. The highest BCUT2D eigenvalue weighted by Gasteiger charge is 2.38. The summed E-state index contributed by atoms with van der Waals surface area (Å²) in [6.07, 6.45) is 14.9. The average molecular weight is 1050 g/mol. The molecule has 19 nitrogen and oxygen atoms in total. The molecule has 0 aliphatic carbocycles. The number of nitrogens with zero attached hydrogens (tertiary/aromatic N) is 3. The van der Waals surface area contributed by atoms with Crippen LogP contribution < -0.4 is 21.7 Å². The fourth-order valence-corrected chi connectivity index (χ4v) is 9.89. The van der Waals surface area contributed by atoms with Gasteiger partial charge in [-0.05, 0) is 68.5 Å². The van der Waals surface area contributed by atoms with Gasteiger partial charge in [-0.1, -0.05) is 103 Å². The van der Waals surface area contributed by atoms with Gasteiger partial charge in [-0.15, -0.1) is 0 Å². The van der Waals surface area contributed by atoms with E-state index in [1.807, 2.05) is 0 Å². The SMILES string of the molecule is CCCCCCCCCCCCCCCC(=O)N(C)[C@H](CO)C(=O)N[C@H](C)C(=O)CCC(=O)N(C)[C@@H]1C(=O)C[C@@H](C)C(=O)N[C@H](C(=O)N[C@@H](C)C(=O)N2CCCC2C(N)=O)Cc2ccc(O)c(c2)-c2cc1ccc2O. The topological polar surface area (TPSA) is 286 Å². The Labute approximate surface area is 442 Å². The van der Waals surface area contributed by atoms with Crippen molar-refractivity contribution < 1.29 is 58.5 Å². The molecular weight excluding hydrogens is 963 g/mol. The van der Waals surface area contributed by atoms with Crippen LogP contribution in [0.4, 0.5) is 0 Å². The maximum atomic E-state index is 14.4. The number of carbonyl (C=O) groups excluding carboxylic acids is 9. The highest BCUT2D eigenvalue weighted by Crippen LogP contribution is 2.39. The highest BCUT2D eigenvalue weighted by molar-refractivity contribution is 5.98. The first-order valence-electron chi connectivity index (χ1n) is 27.0. The van der Waals surface area contributed by atoms with E-state index in [-0.39, 0.29) is 59.9 Å². The lowest BCUT2D eigenvalue weighted by Crippen LogP contribution is -2.56. The summed E-state index contributed by atoms with van der Waals surface area (Å²) < 4.78 is 0. The molecule has 1 saturated heterocycles. The molecule has 4 rings (SSSR count). The largest absolute Gasteiger partial charge is 0.507 e. The van der Waals surface area contributed by atoms with Gasteiger partial charge in [-0.25, -0.2) is 0 Å². The minimum Gasteiger partial charge on any atom is -0.507 e. The van der Waals surface area contributed by atoms with Gasteiger partial charge in [-0.2, -0.15) is 0 Å². The second-order valence-corrected chi connectivity index (χ2v) is 20.6. The van der Waals surface area contributed by atoms with E-state index in [2.05, 4.69) is 22.9 Å². The molecule has 19 heteroatoms. The molecule has 75 heavy (non-hydrogen) atoms. The van der Waals surface area contributed by atoms with Gasteiger partial charge in [0, 0.05) is 69.8 Å². The lowest BCUT2D eigenvalue weighted by atomic mass is 9.89. The van der Waals surface area contributed by atoms with Crippen molar-refractivity contribution in [3.05, 3.63) is 47.5 Å².